The number of nitrogens with one attached hydrogen (secondary N) is 1. The van der Waals surface area contributed by atoms with Crippen molar-refractivity contribution >= 4 is 0 Å². The van der Waals surface area contributed by atoms with Crippen LogP contribution in [-0.4, -0.2) is 9.55 Å². The highest BCUT2D eigenvalue weighted by Gasteiger charge is 2.16. The molecule has 0 aliphatic rings. The minimum absolute atomic E-state index is 0.322. The monoisotopic (exact) mass is 347 g/mol. The van der Waals surface area contributed by atoms with Crippen LogP contribution in [0.25, 0.3) is 0 Å². The van der Waals surface area contributed by atoms with E-state index in [0.29, 0.717) is 12.0 Å². The van der Waals surface area contributed by atoms with E-state index in [-0.39, 0.29) is 0 Å². The van der Waals surface area contributed by atoms with Crippen LogP contribution in [0.5, 0.6) is 0 Å². The van der Waals surface area contributed by atoms with Gasteiger partial charge in [0.15, 0.2) is 0 Å². The molecule has 1 aromatic heterocycles. The van der Waals surface area contributed by atoms with E-state index in [1.165, 1.54) is 16.7 Å². The van der Waals surface area contributed by atoms with Crippen LogP contribution in [0.3, 0.4) is 0 Å². The van der Waals surface area contributed by atoms with Gasteiger partial charge in [0, 0.05) is 25.0 Å². The summed E-state index contributed by atoms with van der Waals surface area (Å²) >= 11 is 0. The summed E-state index contributed by atoms with van der Waals surface area (Å²) in [5.41, 5.74) is 4.02. The minimum atomic E-state index is 0.322. The molecule has 3 aromatic rings. The van der Waals surface area contributed by atoms with Crippen molar-refractivity contribution in [2.24, 2.45) is 5.92 Å². The quantitative estimate of drug-likeness (QED) is 0.623. The van der Waals surface area contributed by atoms with Crippen LogP contribution in [0.1, 0.15) is 49.3 Å². The Balaban J connectivity index is 1.69. The average Bonchev–Trinajstić information content (AvgIpc) is 3.10. The molecule has 0 saturated heterocycles. The van der Waals surface area contributed by atoms with E-state index in [4.69, 9.17) is 0 Å². The topological polar surface area (TPSA) is 29.9 Å². The molecule has 0 radical (unpaired) electrons. The third-order valence-corrected chi connectivity index (χ3v) is 4.89. The lowest BCUT2D eigenvalue weighted by atomic mass is 9.95. The second kappa shape index (κ2) is 8.81. The van der Waals surface area contributed by atoms with Crippen LogP contribution in [0, 0.1) is 5.92 Å². The maximum atomic E-state index is 4.57. The largest absolute Gasteiger partial charge is 0.329 e. The standard InChI is InChI=1S/C23H29N3/c1-4-19-10-12-21(13-11-19)23(18(2)3)25-16-22-24-14-15-26(22)17-20-8-6-5-7-9-20/h5-15,18,23,25H,4,16-17H2,1-3H3. The maximum absolute atomic E-state index is 4.57. The Bertz CT molecular complexity index is 788. The van der Waals surface area contributed by atoms with Gasteiger partial charge in [0.2, 0.25) is 0 Å². The molecule has 1 heterocycles. The number of nitrogens with zero attached hydrogens (tertiary/aromatic N) is 2. The summed E-state index contributed by atoms with van der Waals surface area (Å²) in [6.07, 6.45) is 5.03. The van der Waals surface area contributed by atoms with E-state index in [1.807, 2.05) is 6.20 Å². The molecule has 0 amide bonds. The van der Waals surface area contributed by atoms with Crippen molar-refractivity contribution in [3.8, 4) is 0 Å². The van der Waals surface area contributed by atoms with Crippen molar-refractivity contribution in [1.82, 2.24) is 14.9 Å². The summed E-state index contributed by atoms with van der Waals surface area (Å²) in [4.78, 5) is 4.57. The van der Waals surface area contributed by atoms with Gasteiger partial charge in [-0.3, -0.25) is 0 Å². The summed E-state index contributed by atoms with van der Waals surface area (Å²) < 4.78 is 2.22. The summed E-state index contributed by atoms with van der Waals surface area (Å²) in [6.45, 7) is 8.34. The fourth-order valence-electron chi connectivity index (χ4n) is 3.33. The van der Waals surface area contributed by atoms with Gasteiger partial charge in [-0.05, 0) is 29.0 Å². The number of rotatable bonds is 8. The van der Waals surface area contributed by atoms with E-state index in [0.717, 1.165) is 25.3 Å². The Hall–Kier alpha value is -2.39. The lowest BCUT2D eigenvalue weighted by Gasteiger charge is -2.23. The highest BCUT2D eigenvalue weighted by Crippen LogP contribution is 2.23. The zero-order valence-corrected chi connectivity index (χ0v) is 16.0. The van der Waals surface area contributed by atoms with Crippen molar-refractivity contribution in [3.05, 3.63) is 89.5 Å². The van der Waals surface area contributed by atoms with E-state index in [9.17, 15) is 0 Å². The predicted octanol–water partition coefficient (Wildman–Crippen LogP) is 4.98. The van der Waals surface area contributed by atoms with Crippen molar-refractivity contribution < 1.29 is 0 Å². The minimum Gasteiger partial charge on any atom is -0.329 e. The lowest BCUT2D eigenvalue weighted by molar-refractivity contribution is 0.402. The molecule has 0 spiro atoms. The van der Waals surface area contributed by atoms with Crippen molar-refractivity contribution in [2.75, 3.05) is 0 Å². The first-order valence-corrected chi connectivity index (χ1v) is 9.53. The Labute approximate surface area is 157 Å². The number of hydrogen-bond acceptors (Lipinski definition) is 2. The number of aromatic nitrogens is 2. The highest BCUT2D eigenvalue weighted by atomic mass is 15.1. The van der Waals surface area contributed by atoms with Crippen LogP contribution in [0.4, 0.5) is 0 Å². The first kappa shape index (κ1) is 18.4. The van der Waals surface area contributed by atoms with Crippen LogP contribution in [0.15, 0.2) is 67.0 Å². The second-order valence-corrected chi connectivity index (χ2v) is 7.15. The molecule has 0 bridgehead atoms. The first-order chi connectivity index (χ1) is 12.7. The summed E-state index contributed by atoms with van der Waals surface area (Å²) in [5.74, 6) is 1.59. The summed E-state index contributed by atoms with van der Waals surface area (Å²) in [5, 5.41) is 3.72. The molecule has 3 heteroatoms. The molecule has 2 aromatic carbocycles. The fourth-order valence-corrected chi connectivity index (χ4v) is 3.33. The van der Waals surface area contributed by atoms with Gasteiger partial charge in [-0.2, -0.15) is 0 Å². The lowest BCUT2D eigenvalue weighted by Crippen LogP contribution is -2.27. The fraction of sp³-hybridized carbons (Fsp3) is 0.348. The molecule has 26 heavy (non-hydrogen) atoms. The zero-order chi connectivity index (χ0) is 18.4. The van der Waals surface area contributed by atoms with Gasteiger partial charge in [-0.25, -0.2) is 4.98 Å². The average molecular weight is 348 g/mol. The zero-order valence-electron chi connectivity index (χ0n) is 16.0. The second-order valence-electron chi connectivity index (χ2n) is 7.15. The molecule has 3 nitrogen and oxygen atoms in total. The molecule has 0 aliphatic heterocycles. The Morgan fingerprint density at radius 3 is 2.35 bits per heavy atom. The van der Waals surface area contributed by atoms with Gasteiger partial charge in [0.05, 0.1) is 6.54 Å². The van der Waals surface area contributed by atoms with Gasteiger partial charge >= 0.3 is 0 Å². The van der Waals surface area contributed by atoms with Crippen molar-refractivity contribution in [2.45, 2.75) is 46.3 Å². The van der Waals surface area contributed by atoms with Gasteiger partial charge < -0.3 is 9.88 Å². The van der Waals surface area contributed by atoms with E-state index >= 15 is 0 Å². The smallest absolute Gasteiger partial charge is 0.122 e. The SMILES string of the molecule is CCc1ccc(C(NCc2nccn2Cc2ccccc2)C(C)C)cc1. The van der Waals surface area contributed by atoms with E-state index < -0.39 is 0 Å². The molecule has 1 N–H and O–H groups in total. The van der Waals surface area contributed by atoms with E-state index in [2.05, 4.69) is 96.4 Å². The maximum Gasteiger partial charge on any atom is 0.122 e. The van der Waals surface area contributed by atoms with Gasteiger partial charge in [0.25, 0.3) is 0 Å². The molecule has 0 aliphatic carbocycles. The van der Waals surface area contributed by atoms with Crippen LogP contribution in [-0.2, 0) is 19.5 Å². The van der Waals surface area contributed by atoms with Crippen molar-refractivity contribution in [3.63, 3.8) is 0 Å². The van der Waals surface area contributed by atoms with Crippen molar-refractivity contribution in [1.29, 1.82) is 0 Å². The number of imidazole rings is 1. The molecule has 1 atom stereocenters. The number of hydrogen-bond donors (Lipinski definition) is 1. The molecule has 1 unspecified atom stereocenters. The third-order valence-electron chi connectivity index (χ3n) is 4.89. The van der Waals surface area contributed by atoms with Crippen LogP contribution < -0.4 is 5.32 Å². The Morgan fingerprint density at radius 2 is 1.69 bits per heavy atom. The normalized spacial score (nSPS) is 12.5. The number of benzene rings is 2. The molecular formula is C23H29N3. The molecular weight excluding hydrogens is 318 g/mol. The summed E-state index contributed by atoms with van der Waals surface area (Å²) in [7, 11) is 0. The highest BCUT2D eigenvalue weighted by molar-refractivity contribution is 5.25. The van der Waals surface area contributed by atoms with Gasteiger partial charge in [-0.1, -0.05) is 75.4 Å². The Kier molecular flexibility index (Phi) is 6.24. The van der Waals surface area contributed by atoms with E-state index in [1.54, 1.807) is 0 Å². The van der Waals surface area contributed by atoms with Crippen LogP contribution >= 0.6 is 0 Å². The third kappa shape index (κ3) is 4.61. The summed E-state index contributed by atoms with van der Waals surface area (Å²) in [6, 6.07) is 19.8. The molecule has 3 rings (SSSR count). The number of aryl methyl sites for hydroxylation is 1. The van der Waals surface area contributed by atoms with Crippen LogP contribution in [0.2, 0.25) is 0 Å². The van der Waals surface area contributed by atoms with Gasteiger partial charge in [-0.15, -0.1) is 0 Å². The molecule has 0 saturated carbocycles. The predicted molar refractivity (Wildman–Crippen MR) is 108 cm³/mol. The van der Waals surface area contributed by atoms with Gasteiger partial charge in [0.1, 0.15) is 5.82 Å². The molecule has 0 fully saturated rings. The molecule has 136 valence electrons. The Morgan fingerprint density at radius 1 is 0.962 bits per heavy atom. The first-order valence-electron chi connectivity index (χ1n) is 9.53.